The molecule has 1 aliphatic rings. The molecule has 1 N–H and O–H groups in total. The summed E-state index contributed by atoms with van der Waals surface area (Å²) in [6, 6.07) is 29.6. The maximum absolute atomic E-state index is 5.93. The first-order valence-electron chi connectivity index (χ1n) is 9.36. The third-order valence-electron chi connectivity index (χ3n) is 4.82. The fourth-order valence-corrected chi connectivity index (χ4v) is 3.53. The van der Waals surface area contributed by atoms with E-state index in [1.165, 1.54) is 22.3 Å². The number of aryl methyl sites for hydroxylation is 1. The first-order chi connectivity index (χ1) is 13.3. The van der Waals surface area contributed by atoms with Gasteiger partial charge in [0.1, 0.15) is 18.5 Å². The van der Waals surface area contributed by atoms with Crippen LogP contribution in [-0.2, 0) is 11.3 Å². The van der Waals surface area contributed by atoms with E-state index in [0.717, 1.165) is 5.84 Å². The summed E-state index contributed by atoms with van der Waals surface area (Å²) in [6.45, 7) is 3.18. The number of halogens is 1. The van der Waals surface area contributed by atoms with Gasteiger partial charge < -0.3 is 10.1 Å². The molecule has 0 fully saturated rings. The summed E-state index contributed by atoms with van der Waals surface area (Å²) in [5, 5.41) is 3.58. The summed E-state index contributed by atoms with van der Waals surface area (Å²) in [7, 11) is 0. The van der Waals surface area contributed by atoms with Crippen LogP contribution in [-0.4, -0.2) is 12.4 Å². The first kappa shape index (κ1) is 20.1. The predicted octanol–water partition coefficient (Wildman–Crippen LogP) is 5.42. The Hall–Kier alpha value is -2.62. The Kier molecular flexibility index (Phi) is 6.85. The fraction of sp³-hybridized carbons (Fsp3) is 0.208. The van der Waals surface area contributed by atoms with E-state index in [1.807, 2.05) is 12.1 Å². The van der Waals surface area contributed by atoms with Crippen molar-refractivity contribution < 1.29 is 4.74 Å². The number of nitrogens with one attached hydrogen (secondary N) is 1. The van der Waals surface area contributed by atoms with E-state index in [1.54, 1.807) is 0 Å². The molecule has 2 unspecified atom stereocenters. The van der Waals surface area contributed by atoms with Gasteiger partial charge in [0.15, 0.2) is 0 Å². The van der Waals surface area contributed by atoms with Crippen LogP contribution in [0.25, 0.3) is 0 Å². The SMILES string of the molecule is Cc1cccc(COCC2=NC(c3ccccc3)C(c3ccccc3)N2)c1.Cl. The van der Waals surface area contributed by atoms with Crippen LogP contribution in [0, 0.1) is 6.92 Å². The molecule has 3 aromatic rings. The van der Waals surface area contributed by atoms with Crippen molar-refractivity contribution in [3.05, 3.63) is 107 Å². The van der Waals surface area contributed by atoms with Gasteiger partial charge in [-0.3, -0.25) is 4.99 Å². The molecule has 1 aliphatic heterocycles. The molecule has 28 heavy (non-hydrogen) atoms. The molecule has 144 valence electrons. The molecule has 3 aromatic carbocycles. The summed E-state index contributed by atoms with van der Waals surface area (Å²) in [5.41, 5.74) is 4.89. The quantitative estimate of drug-likeness (QED) is 0.607. The monoisotopic (exact) mass is 392 g/mol. The number of ether oxygens (including phenoxy) is 1. The summed E-state index contributed by atoms with van der Waals surface area (Å²) < 4.78 is 5.93. The van der Waals surface area contributed by atoms with E-state index in [0.29, 0.717) is 13.2 Å². The minimum absolute atomic E-state index is 0. The van der Waals surface area contributed by atoms with Crippen LogP contribution in [0.4, 0.5) is 0 Å². The number of rotatable bonds is 6. The van der Waals surface area contributed by atoms with Gasteiger partial charge in [-0.05, 0) is 23.6 Å². The lowest BCUT2D eigenvalue weighted by Crippen LogP contribution is -2.27. The van der Waals surface area contributed by atoms with Crippen molar-refractivity contribution in [2.45, 2.75) is 25.6 Å². The minimum Gasteiger partial charge on any atom is -0.369 e. The van der Waals surface area contributed by atoms with Crippen LogP contribution in [0.15, 0.2) is 89.9 Å². The highest BCUT2D eigenvalue weighted by Gasteiger charge is 2.30. The van der Waals surface area contributed by atoms with Gasteiger partial charge in [-0.1, -0.05) is 90.5 Å². The van der Waals surface area contributed by atoms with Crippen molar-refractivity contribution >= 4 is 18.2 Å². The molecule has 4 rings (SSSR count). The van der Waals surface area contributed by atoms with Gasteiger partial charge in [0.2, 0.25) is 0 Å². The predicted molar refractivity (Wildman–Crippen MR) is 117 cm³/mol. The van der Waals surface area contributed by atoms with E-state index < -0.39 is 0 Å². The second-order valence-electron chi connectivity index (χ2n) is 6.95. The first-order valence-corrected chi connectivity index (χ1v) is 9.36. The van der Waals surface area contributed by atoms with Gasteiger partial charge in [-0.2, -0.15) is 0 Å². The second-order valence-corrected chi connectivity index (χ2v) is 6.95. The Bertz CT molecular complexity index is 912. The van der Waals surface area contributed by atoms with Crippen molar-refractivity contribution in [2.75, 3.05) is 6.61 Å². The van der Waals surface area contributed by atoms with Crippen molar-refractivity contribution in [1.29, 1.82) is 0 Å². The van der Waals surface area contributed by atoms with Gasteiger partial charge in [-0.15, -0.1) is 12.4 Å². The number of nitrogens with zero attached hydrogens (tertiary/aromatic N) is 1. The zero-order valence-corrected chi connectivity index (χ0v) is 16.7. The molecule has 4 heteroatoms. The zero-order valence-electron chi connectivity index (χ0n) is 15.9. The van der Waals surface area contributed by atoms with Crippen molar-refractivity contribution in [3.63, 3.8) is 0 Å². The van der Waals surface area contributed by atoms with Gasteiger partial charge in [-0.25, -0.2) is 0 Å². The average molecular weight is 393 g/mol. The summed E-state index contributed by atoms with van der Waals surface area (Å²) in [4.78, 5) is 4.95. The molecule has 0 aliphatic carbocycles. The van der Waals surface area contributed by atoms with Crippen LogP contribution >= 0.6 is 12.4 Å². The lowest BCUT2D eigenvalue weighted by molar-refractivity contribution is 0.156. The zero-order chi connectivity index (χ0) is 18.5. The van der Waals surface area contributed by atoms with E-state index >= 15 is 0 Å². The van der Waals surface area contributed by atoms with E-state index in [-0.39, 0.29) is 24.5 Å². The summed E-state index contributed by atoms with van der Waals surface area (Å²) in [5.74, 6) is 0.908. The molecule has 3 nitrogen and oxygen atoms in total. The van der Waals surface area contributed by atoms with Crippen LogP contribution in [0.1, 0.15) is 34.3 Å². The van der Waals surface area contributed by atoms with Crippen LogP contribution < -0.4 is 5.32 Å². The molecule has 0 aromatic heterocycles. The highest BCUT2D eigenvalue weighted by atomic mass is 35.5. The molecular formula is C24H25ClN2O. The Morgan fingerprint density at radius 3 is 2.18 bits per heavy atom. The Balaban J connectivity index is 0.00000225. The summed E-state index contributed by atoms with van der Waals surface area (Å²) >= 11 is 0. The van der Waals surface area contributed by atoms with E-state index in [4.69, 9.17) is 9.73 Å². The van der Waals surface area contributed by atoms with Gasteiger partial charge in [0.25, 0.3) is 0 Å². The minimum atomic E-state index is 0. The average Bonchev–Trinajstić information content (AvgIpc) is 3.14. The molecule has 0 saturated carbocycles. The Labute approximate surface area is 172 Å². The third-order valence-corrected chi connectivity index (χ3v) is 4.82. The lowest BCUT2D eigenvalue weighted by Gasteiger charge is -2.19. The number of hydrogen-bond donors (Lipinski definition) is 1. The van der Waals surface area contributed by atoms with Crippen molar-refractivity contribution in [2.24, 2.45) is 4.99 Å². The molecule has 1 heterocycles. The normalized spacial score (nSPS) is 18.1. The number of amidine groups is 1. The largest absolute Gasteiger partial charge is 0.369 e. The van der Waals surface area contributed by atoms with Crippen LogP contribution in [0.2, 0.25) is 0 Å². The molecule has 0 radical (unpaired) electrons. The van der Waals surface area contributed by atoms with Crippen LogP contribution in [0.5, 0.6) is 0 Å². The Morgan fingerprint density at radius 2 is 1.50 bits per heavy atom. The summed E-state index contributed by atoms with van der Waals surface area (Å²) in [6.07, 6.45) is 0. The Morgan fingerprint density at radius 1 is 0.821 bits per heavy atom. The van der Waals surface area contributed by atoms with E-state index in [2.05, 4.69) is 85.0 Å². The molecule has 0 spiro atoms. The molecule has 0 bridgehead atoms. The molecule has 2 atom stereocenters. The molecule has 0 saturated heterocycles. The second kappa shape index (κ2) is 9.54. The van der Waals surface area contributed by atoms with E-state index in [9.17, 15) is 0 Å². The number of hydrogen-bond acceptors (Lipinski definition) is 3. The smallest absolute Gasteiger partial charge is 0.124 e. The van der Waals surface area contributed by atoms with Gasteiger partial charge in [0.05, 0.1) is 12.6 Å². The topological polar surface area (TPSA) is 33.6 Å². The molecular weight excluding hydrogens is 368 g/mol. The van der Waals surface area contributed by atoms with Crippen LogP contribution in [0.3, 0.4) is 0 Å². The standard InChI is InChI=1S/C24H24N2O.ClH/c1-18-9-8-10-19(15-18)16-27-17-22-25-23(20-11-4-2-5-12-20)24(26-22)21-13-6-3-7-14-21;/h2-15,23-24H,16-17H2,1H3,(H,25,26);1H. The molecule has 0 amide bonds. The maximum Gasteiger partial charge on any atom is 0.124 e. The number of benzene rings is 3. The van der Waals surface area contributed by atoms with Crippen molar-refractivity contribution in [3.8, 4) is 0 Å². The van der Waals surface area contributed by atoms with Gasteiger partial charge in [0, 0.05) is 0 Å². The van der Waals surface area contributed by atoms with Gasteiger partial charge >= 0.3 is 0 Å². The maximum atomic E-state index is 5.93. The highest BCUT2D eigenvalue weighted by molar-refractivity contribution is 5.86. The fourth-order valence-electron chi connectivity index (χ4n) is 3.53. The lowest BCUT2D eigenvalue weighted by atomic mass is 9.95. The third kappa shape index (κ3) is 4.80. The highest BCUT2D eigenvalue weighted by Crippen LogP contribution is 2.35. The van der Waals surface area contributed by atoms with Crippen molar-refractivity contribution in [1.82, 2.24) is 5.32 Å². The number of aliphatic imine (C=N–C) groups is 1.